The highest BCUT2D eigenvalue weighted by Crippen LogP contribution is 2.18. The van der Waals surface area contributed by atoms with Crippen molar-refractivity contribution in [2.24, 2.45) is 5.92 Å². The standard InChI is InChI=1S/C18H21N3O4S/c1-3-25-18(24)16-8-15(10-20-16)21-17(23)14(11-26-12(2)22)7-13-5-4-6-19-9-13/h4-6,8-10,14,20H,3,7,11H2,1-2H3,(H,21,23). The van der Waals surface area contributed by atoms with Gasteiger partial charge in [0.1, 0.15) is 5.69 Å². The Kier molecular flexibility index (Phi) is 7.40. The van der Waals surface area contributed by atoms with Crippen LogP contribution in [-0.4, -0.2) is 39.3 Å². The molecule has 0 aliphatic rings. The molecule has 1 atom stereocenters. The van der Waals surface area contributed by atoms with Gasteiger partial charge in [-0.25, -0.2) is 4.79 Å². The smallest absolute Gasteiger partial charge is 0.354 e. The van der Waals surface area contributed by atoms with E-state index in [1.165, 1.54) is 19.2 Å². The van der Waals surface area contributed by atoms with E-state index in [1.54, 1.807) is 25.4 Å². The Bertz CT molecular complexity index is 761. The first-order valence-electron chi connectivity index (χ1n) is 8.18. The van der Waals surface area contributed by atoms with E-state index in [-0.39, 0.29) is 23.3 Å². The average molecular weight is 375 g/mol. The molecule has 0 fully saturated rings. The second-order valence-corrected chi connectivity index (χ2v) is 6.77. The summed E-state index contributed by atoms with van der Waals surface area (Å²) >= 11 is 1.11. The molecule has 0 saturated carbocycles. The van der Waals surface area contributed by atoms with Crippen molar-refractivity contribution < 1.29 is 19.1 Å². The molecule has 0 aliphatic heterocycles. The Morgan fingerprint density at radius 2 is 2.19 bits per heavy atom. The van der Waals surface area contributed by atoms with Gasteiger partial charge in [0.25, 0.3) is 0 Å². The third-order valence-electron chi connectivity index (χ3n) is 3.51. The summed E-state index contributed by atoms with van der Waals surface area (Å²) in [5.74, 6) is -0.747. The molecule has 2 aromatic rings. The van der Waals surface area contributed by atoms with Crippen LogP contribution < -0.4 is 5.32 Å². The van der Waals surface area contributed by atoms with Crippen molar-refractivity contribution in [1.82, 2.24) is 9.97 Å². The average Bonchev–Trinajstić information content (AvgIpc) is 3.08. The molecule has 0 aliphatic carbocycles. The Morgan fingerprint density at radius 3 is 2.85 bits per heavy atom. The number of amides is 1. The quantitative estimate of drug-likeness (QED) is 0.688. The third-order valence-corrected chi connectivity index (χ3v) is 4.48. The monoisotopic (exact) mass is 375 g/mol. The molecular weight excluding hydrogens is 354 g/mol. The number of aromatic nitrogens is 2. The molecule has 2 aromatic heterocycles. The van der Waals surface area contributed by atoms with Gasteiger partial charge in [0.15, 0.2) is 5.12 Å². The van der Waals surface area contributed by atoms with E-state index < -0.39 is 11.9 Å². The number of H-pyrrole nitrogens is 1. The molecule has 0 radical (unpaired) electrons. The van der Waals surface area contributed by atoms with E-state index in [0.29, 0.717) is 17.9 Å². The van der Waals surface area contributed by atoms with Crippen molar-refractivity contribution in [2.75, 3.05) is 17.7 Å². The molecular formula is C18H21N3O4S. The van der Waals surface area contributed by atoms with Gasteiger partial charge in [-0.3, -0.25) is 14.6 Å². The molecule has 0 saturated heterocycles. The fourth-order valence-corrected chi connectivity index (χ4v) is 2.99. The number of nitrogens with zero attached hydrogens (tertiary/aromatic N) is 1. The van der Waals surface area contributed by atoms with Gasteiger partial charge in [-0.2, -0.15) is 0 Å². The van der Waals surface area contributed by atoms with Crippen LogP contribution in [0.4, 0.5) is 5.69 Å². The van der Waals surface area contributed by atoms with Gasteiger partial charge in [0, 0.05) is 31.3 Å². The fraction of sp³-hybridized carbons (Fsp3) is 0.333. The first-order valence-corrected chi connectivity index (χ1v) is 9.16. The molecule has 2 N–H and O–H groups in total. The van der Waals surface area contributed by atoms with Crippen molar-refractivity contribution in [3.05, 3.63) is 48.0 Å². The normalized spacial score (nSPS) is 11.6. The van der Waals surface area contributed by atoms with Crippen LogP contribution in [0.5, 0.6) is 0 Å². The molecule has 26 heavy (non-hydrogen) atoms. The molecule has 7 nitrogen and oxygen atoms in total. The van der Waals surface area contributed by atoms with Crippen molar-refractivity contribution in [3.63, 3.8) is 0 Å². The van der Waals surface area contributed by atoms with E-state index in [9.17, 15) is 14.4 Å². The Balaban J connectivity index is 2.05. The van der Waals surface area contributed by atoms with E-state index in [1.807, 2.05) is 6.07 Å². The van der Waals surface area contributed by atoms with Gasteiger partial charge >= 0.3 is 5.97 Å². The summed E-state index contributed by atoms with van der Waals surface area (Å²) in [4.78, 5) is 42.4. The summed E-state index contributed by atoms with van der Waals surface area (Å²) in [7, 11) is 0. The number of hydrogen-bond acceptors (Lipinski definition) is 6. The van der Waals surface area contributed by atoms with Gasteiger partial charge < -0.3 is 15.0 Å². The molecule has 0 aromatic carbocycles. The highest BCUT2D eigenvalue weighted by Gasteiger charge is 2.21. The van der Waals surface area contributed by atoms with Gasteiger partial charge in [0.2, 0.25) is 5.91 Å². The first kappa shape index (κ1) is 19.7. The topological polar surface area (TPSA) is 101 Å². The number of pyridine rings is 1. The lowest BCUT2D eigenvalue weighted by atomic mass is 10.0. The van der Waals surface area contributed by atoms with E-state index in [4.69, 9.17) is 4.74 Å². The van der Waals surface area contributed by atoms with Crippen LogP contribution in [-0.2, 0) is 20.7 Å². The van der Waals surface area contributed by atoms with Crippen LogP contribution >= 0.6 is 11.8 Å². The Morgan fingerprint density at radius 1 is 1.38 bits per heavy atom. The molecule has 8 heteroatoms. The SMILES string of the molecule is CCOC(=O)c1cc(NC(=O)C(CSC(C)=O)Cc2cccnc2)c[nH]1. The molecule has 1 unspecified atom stereocenters. The van der Waals surface area contributed by atoms with Crippen molar-refractivity contribution in [1.29, 1.82) is 0 Å². The van der Waals surface area contributed by atoms with Crippen molar-refractivity contribution in [3.8, 4) is 0 Å². The number of ether oxygens (including phenoxy) is 1. The van der Waals surface area contributed by atoms with Crippen LogP contribution in [0.2, 0.25) is 0 Å². The van der Waals surface area contributed by atoms with Gasteiger partial charge in [-0.05, 0) is 31.0 Å². The number of carbonyl (C=O) groups excluding carboxylic acids is 3. The zero-order valence-electron chi connectivity index (χ0n) is 14.7. The maximum Gasteiger partial charge on any atom is 0.354 e. The Hall–Kier alpha value is -2.61. The molecule has 1 amide bonds. The van der Waals surface area contributed by atoms with Gasteiger partial charge in [-0.15, -0.1) is 0 Å². The summed E-state index contributed by atoms with van der Waals surface area (Å²) in [5.41, 5.74) is 1.66. The summed E-state index contributed by atoms with van der Waals surface area (Å²) in [5, 5.41) is 2.74. The van der Waals surface area contributed by atoms with Crippen molar-refractivity contribution >= 4 is 34.4 Å². The zero-order valence-corrected chi connectivity index (χ0v) is 15.5. The minimum absolute atomic E-state index is 0.0415. The lowest BCUT2D eigenvalue weighted by molar-refractivity contribution is -0.119. The first-order chi connectivity index (χ1) is 12.5. The van der Waals surface area contributed by atoms with Crippen LogP contribution in [0.15, 0.2) is 36.8 Å². The van der Waals surface area contributed by atoms with Gasteiger partial charge in [-0.1, -0.05) is 17.8 Å². The van der Waals surface area contributed by atoms with E-state index in [0.717, 1.165) is 17.3 Å². The number of aromatic amines is 1. The zero-order chi connectivity index (χ0) is 18.9. The van der Waals surface area contributed by atoms with Crippen LogP contribution in [0.3, 0.4) is 0 Å². The minimum Gasteiger partial charge on any atom is -0.461 e. The van der Waals surface area contributed by atoms with Crippen LogP contribution in [0.25, 0.3) is 0 Å². The molecule has 0 bridgehead atoms. The lowest BCUT2D eigenvalue weighted by Gasteiger charge is -2.15. The van der Waals surface area contributed by atoms with Crippen molar-refractivity contribution in [2.45, 2.75) is 20.3 Å². The molecule has 0 spiro atoms. The van der Waals surface area contributed by atoms with Gasteiger partial charge in [0.05, 0.1) is 18.2 Å². The largest absolute Gasteiger partial charge is 0.461 e. The molecule has 2 rings (SSSR count). The summed E-state index contributed by atoms with van der Waals surface area (Å²) in [6, 6.07) is 5.22. The predicted molar refractivity (Wildman–Crippen MR) is 99.9 cm³/mol. The van der Waals surface area contributed by atoms with E-state index in [2.05, 4.69) is 15.3 Å². The highest BCUT2D eigenvalue weighted by atomic mass is 32.2. The number of nitrogens with one attached hydrogen (secondary N) is 2. The summed E-state index contributed by atoms with van der Waals surface area (Å²) in [6.07, 6.45) is 5.37. The van der Waals surface area contributed by atoms with Crippen LogP contribution in [0, 0.1) is 5.92 Å². The fourth-order valence-electron chi connectivity index (χ4n) is 2.29. The maximum absolute atomic E-state index is 12.6. The van der Waals surface area contributed by atoms with Crippen LogP contribution in [0.1, 0.15) is 29.9 Å². The summed E-state index contributed by atoms with van der Waals surface area (Å²) < 4.78 is 4.91. The Labute approximate surface area is 155 Å². The van der Waals surface area contributed by atoms with E-state index >= 15 is 0 Å². The summed E-state index contributed by atoms with van der Waals surface area (Å²) in [6.45, 7) is 3.47. The number of thioether (sulfide) groups is 1. The lowest BCUT2D eigenvalue weighted by Crippen LogP contribution is -2.27. The second kappa shape index (κ2) is 9.76. The number of esters is 1. The number of rotatable bonds is 8. The number of anilines is 1. The minimum atomic E-state index is -0.480. The third kappa shape index (κ3) is 6.03. The highest BCUT2D eigenvalue weighted by molar-refractivity contribution is 8.13. The predicted octanol–water partition coefficient (Wildman–Crippen LogP) is 2.66. The number of hydrogen-bond donors (Lipinski definition) is 2. The molecule has 2 heterocycles. The number of carbonyl (C=O) groups is 3. The second-order valence-electron chi connectivity index (χ2n) is 5.58. The maximum atomic E-state index is 12.6. The molecule has 138 valence electrons.